The van der Waals surface area contributed by atoms with Crippen LogP contribution in [0.5, 0.6) is 5.75 Å². The van der Waals surface area contributed by atoms with Gasteiger partial charge in [0.1, 0.15) is 5.75 Å². The van der Waals surface area contributed by atoms with Crippen LogP contribution < -0.4 is 20.7 Å². The van der Waals surface area contributed by atoms with Gasteiger partial charge in [0.05, 0.1) is 12.2 Å². The van der Waals surface area contributed by atoms with Gasteiger partial charge in [0.25, 0.3) is 5.91 Å². The number of aliphatic carboxylic acids is 2. The molecule has 2 unspecified atom stereocenters. The normalized spacial score (nSPS) is 17.5. The maximum atomic E-state index is 12.8. The van der Waals surface area contributed by atoms with Crippen LogP contribution in [0.1, 0.15) is 49.0 Å². The van der Waals surface area contributed by atoms with E-state index < -0.39 is 11.9 Å². The molecule has 0 bridgehead atoms. The summed E-state index contributed by atoms with van der Waals surface area (Å²) in [7, 11) is 0. The molecule has 0 radical (unpaired) electrons. The number of hydrogen-bond donors (Lipinski definition) is 5. The highest BCUT2D eigenvalue weighted by Crippen LogP contribution is 2.33. The average Bonchev–Trinajstić information content (AvgIpc) is 3.41. The first-order valence-corrected chi connectivity index (χ1v) is 10.5. The molecule has 0 aliphatic carbocycles. The van der Waals surface area contributed by atoms with Crippen LogP contribution in [0.25, 0.3) is 0 Å². The molecule has 2 aliphatic rings. The van der Waals surface area contributed by atoms with Crippen molar-refractivity contribution in [3.8, 4) is 5.75 Å². The molecule has 5 N–H and O–H groups in total. The minimum absolute atomic E-state index is 0.0986. The molecule has 0 spiro atoms. The van der Waals surface area contributed by atoms with Gasteiger partial charge in [-0.1, -0.05) is 6.92 Å². The summed E-state index contributed by atoms with van der Waals surface area (Å²) >= 11 is 0. The van der Waals surface area contributed by atoms with Gasteiger partial charge in [-0.15, -0.1) is 0 Å². The highest BCUT2D eigenvalue weighted by molar-refractivity contribution is 6.00. The monoisotopic (exact) mass is 447 g/mol. The molecular formula is C22H29N3O7. The van der Waals surface area contributed by atoms with Crippen LogP contribution in [-0.4, -0.2) is 59.2 Å². The molecule has 1 aromatic carbocycles. The number of fused-ring (bicyclic) bond motifs is 1. The minimum Gasteiger partial charge on any atom is -0.492 e. The highest BCUT2D eigenvalue weighted by Gasteiger charge is 2.28. The molecular weight excluding hydrogens is 418 g/mol. The summed E-state index contributed by atoms with van der Waals surface area (Å²) in [6, 6.07) is 4.01. The van der Waals surface area contributed by atoms with Gasteiger partial charge in [-0.2, -0.15) is 0 Å². The third kappa shape index (κ3) is 7.38. The molecule has 174 valence electrons. The number of carbonyl (C=O) groups excluding carboxylic acids is 2. The Morgan fingerprint density at radius 2 is 1.91 bits per heavy atom. The second kappa shape index (κ2) is 11.8. The Hall–Kier alpha value is -3.40. The quantitative estimate of drug-likeness (QED) is 0.395. The number of carboxylic acid groups (broad SMARTS) is 2. The zero-order chi connectivity index (χ0) is 23.7. The van der Waals surface area contributed by atoms with Crippen LogP contribution in [0.4, 0.5) is 5.69 Å². The largest absolute Gasteiger partial charge is 0.492 e. The molecule has 32 heavy (non-hydrogen) atoms. The second-order valence-corrected chi connectivity index (χ2v) is 7.49. The number of carboxylic acids is 2. The van der Waals surface area contributed by atoms with Gasteiger partial charge < -0.3 is 30.9 Å². The van der Waals surface area contributed by atoms with Crippen LogP contribution in [0.3, 0.4) is 0 Å². The molecule has 1 saturated heterocycles. The Morgan fingerprint density at radius 3 is 2.44 bits per heavy atom. The Labute approximate surface area is 186 Å². The van der Waals surface area contributed by atoms with Gasteiger partial charge in [0.15, 0.2) is 0 Å². The van der Waals surface area contributed by atoms with Crippen molar-refractivity contribution in [3.63, 3.8) is 0 Å². The fourth-order valence-corrected chi connectivity index (χ4v) is 3.68. The number of hydrogen-bond acceptors (Lipinski definition) is 6. The lowest BCUT2D eigenvalue weighted by molar-refractivity contribution is -0.134. The number of amides is 2. The van der Waals surface area contributed by atoms with Gasteiger partial charge in [-0.05, 0) is 37.9 Å². The summed E-state index contributed by atoms with van der Waals surface area (Å²) in [5.41, 5.74) is 2.12. The number of benzene rings is 1. The molecule has 10 heteroatoms. The molecule has 2 aliphatic heterocycles. The van der Waals surface area contributed by atoms with Gasteiger partial charge in [0, 0.05) is 48.8 Å². The smallest absolute Gasteiger partial charge is 0.328 e. The lowest BCUT2D eigenvalue weighted by Crippen LogP contribution is -2.47. The van der Waals surface area contributed by atoms with Gasteiger partial charge in [-0.3, -0.25) is 9.59 Å². The maximum Gasteiger partial charge on any atom is 0.328 e. The van der Waals surface area contributed by atoms with Crippen molar-refractivity contribution in [2.75, 3.05) is 18.5 Å². The molecule has 0 saturated carbocycles. The van der Waals surface area contributed by atoms with Crippen LogP contribution in [0, 0.1) is 0 Å². The molecule has 0 aromatic heterocycles. The molecule has 2 heterocycles. The number of carbonyl (C=O) groups is 4. The Kier molecular flexibility index (Phi) is 9.21. The zero-order valence-corrected chi connectivity index (χ0v) is 18.1. The third-order valence-corrected chi connectivity index (χ3v) is 5.06. The molecule has 1 fully saturated rings. The Balaban J connectivity index is 0.000000390. The lowest BCUT2D eigenvalue weighted by atomic mass is 10.0. The predicted octanol–water partition coefficient (Wildman–Crippen LogP) is 1.55. The summed E-state index contributed by atoms with van der Waals surface area (Å²) in [6.45, 7) is 5.12. The highest BCUT2D eigenvalue weighted by atomic mass is 16.5. The van der Waals surface area contributed by atoms with Crippen molar-refractivity contribution >= 4 is 29.4 Å². The van der Waals surface area contributed by atoms with E-state index in [-0.39, 0.29) is 17.9 Å². The molecule has 2 atom stereocenters. The second-order valence-electron chi connectivity index (χ2n) is 7.49. The van der Waals surface area contributed by atoms with E-state index in [4.69, 9.17) is 14.9 Å². The average molecular weight is 447 g/mol. The van der Waals surface area contributed by atoms with Crippen LogP contribution >= 0.6 is 0 Å². The van der Waals surface area contributed by atoms with Crippen molar-refractivity contribution in [2.24, 2.45) is 0 Å². The number of rotatable bonds is 7. The van der Waals surface area contributed by atoms with E-state index >= 15 is 0 Å². The Morgan fingerprint density at radius 1 is 1.22 bits per heavy atom. The zero-order valence-electron chi connectivity index (χ0n) is 18.1. The first kappa shape index (κ1) is 24.9. The summed E-state index contributed by atoms with van der Waals surface area (Å²) in [6.07, 6.45) is 4.97. The maximum absolute atomic E-state index is 12.8. The minimum atomic E-state index is -1.26. The predicted molar refractivity (Wildman–Crippen MR) is 117 cm³/mol. The van der Waals surface area contributed by atoms with Crippen LogP contribution in [0.2, 0.25) is 0 Å². The SMILES string of the molecule is CCC(NC(=O)c1cc(NC(C)=O)cc2c1OCC2)C1CCCN1.O=C(O)C=CC(=O)O. The molecule has 10 nitrogen and oxygen atoms in total. The van der Waals surface area contributed by atoms with E-state index in [2.05, 4.69) is 22.9 Å². The van der Waals surface area contributed by atoms with E-state index in [0.29, 0.717) is 41.8 Å². The van der Waals surface area contributed by atoms with E-state index in [1.807, 2.05) is 6.07 Å². The third-order valence-electron chi connectivity index (χ3n) is 5.06. The lowest BCUT2D eigenvalue weighted by Gasteiger charge is -2.24. The summed E-state index contributed by atoms with van der Waals surface area (Å²) in [5, 5.41) is 25.0. The number of nitrogens with one attached hydrogen (secondary N) is 3. The first-order chi connectivity index (χ1) is 15.2. The fourth-order valence-electron chi connectivity index (χ4n) is 3.68. The van der Waals surface area contributed by atoms with Crippen molar-refractivity contribution in [2.45, 2.75) is 51.6 Å². The van der Waals surface area contributed by atoms with E-state index in [1.54, 1.807) is 6.07 Å². The molecule has 1 aromatic rings. The van der Waals surface area contributed by atoms with Crippen molar-refractivity contribution in [1.82, 2.24) is 10.6 Å². The standard InChI is InChI=1S/C18H25N3O3.C4H4O4/c1-3-15(16-5-4-7-19-16)21-18(23)14-10-13(20-11(2)22)9-12-6-8-24-17(12)14;5-3(6)1-2-4(7)8/h9-10,15-16,19H,3-8H2,1-2H3,(H,20,22)(H,21,23);1-2H,(H,5,6)(H,7,8). The van der Waals surface area contributed by atoms with Gasteiger partial charge in [-0.25, -0.2) is 9.59 Å². The van der Waals surface area contributed by atoms with E-state index in [0.717, 1.165) is 37.8 Å². The first-order valence-electron chi connectivity index (χ1n) is 10.5. The molecule has 3 rings (SSSR count). The Bertz CT molecular complexity index is 876. The van der Waals surface area contributed by atoms with Crippen molar-refractivity contribution in [3.05, 3.63) is 35.4 Å². The van der Waals surface area contributed by atoms with E-state index in [9.17, 15) is 19.2 Å². The van der Waals surface area contributed by atoms with Crippen molar-refractivity contribution in [1.29, 1.82) is 0 Å². The van der Waals surface area contributed by atoms with Crippen LogP contribution in [-0.2, 0) is 20.8 Å². The number of anilines is 1. The number of ether oxygens (including phenoxy) is 1. The van der Waals surface area contributed by atoms with E-state index in [1.165, 1.54) is 6.92 Å². The van der Waals surface area contributed by atoms with Crippen molar-refractivity contribution < 1.29 is 34.1 Å². The van der Waals surface area contributed by atoms with Gasteiger partial charge >= 0.3 is 11.9 Å². The summed E-state index contributed by atoms with van der Waals surface area (Å²) in [4.78, 5) is 43.3. The molecule has 2 amide bonds. The van der Waals surface area contributed by atoms with Crippen LogP contribution in [0.15, 0.2) is 24.3 Å². The summed E-state index contributed by atoms with van der Waals surface area (Å²) in [5.74, 6) is -2.15. The van der Waals surface area contributed by atoms with Gasteiger partial charge in [0.2, 0.25) is 5.91 Å². The summed E-state index contributed by atoms with van der Waals surface area (Å²) < 4.78 is 5.66. The topological polar surface area (TPSA) is 154 Å². The fraction of sp³-hybridized carbons (Fsp3) is 0.455.